The van der Waals surface area contributed by atoms with Gasteiger partial charge in [0, 0.05) is 43.5 Å². The molecule has 2 aromatic carbocycles. The van der Waals surface area contributed by atoms with Crippen molar-refractivity contribution < 1.29 is 17.5 Å². The smallest absolute Gasteiger partial charge is 0.243 e. The number of hydrogen-bond donors (Lipinski definition) is 3. The molecule has 0 amide bonds. The Kier molecular flexibility index (Phi) is 9.85. The first kappa shape index (κ1) is 28.2. The van der Waals surface area contributed by atoms with E-state index in [4.69, 9.17) is 10.5 Å². The number of halogens is 1. The molecule has 4 rings (SSSR count). The number of benzene rings is 2. The van der Waals surface area contributed by atoms with Crippen molar-refractivity contribution >= 4 is 10.0 Å². The number of aromatic nitrogens is 1. The maximum Gasteiger partial charge on any atom is 0.243 e. The van der Waals surface area contributed by atoms with Gasteiger partial charge in [-0.25, -0.2) is 17.5 Å². The Bertz CT molecular complexity index is 1290. The first-order valence-electron chi connectivity index (χ1n) is 13.2. The Morgan fingerprint density at radius 1 is 1.16 bits per heavy atom. The van der Waals surface area contributed by atoms with E-state index >= 15 is 0 Å². The van der Waals surface area contributed by atoms with Crippen molar-refractivity contribution in [1.82, 2.24) is 15.0 Å². The van der Waals surface area contributed by atoms with Crippen molar-refractivity contribution in [3.8, 4) is 5.75 Å². The number of aryl methyl sites for hydroxylation is 1. The summed E-state index contributed by atoms with van der Waals surface area (Å²) < 4.78 is 46.4. The van der Waals surface area contributed by atoms with Crippen LogP contribution >= 0.6 is 0 Å². The molecule has 9 heteroatoms. The van der Waals surface area contributed by atoms with Gasteiger partial charge < -0.3 is 15.8 Å². The Hall–Kier alpha value is -2.85. The van der Waals surface area contributed by atoms with E-state index in [0.717, 1.165) is 43.9 Å². The Morgan fingerprint density at radius 3 is 2.76 bits per heavy atom. The van der Waals surface area contributed by atoms with Crippen LogP contribution in [-0.2, 0) is 22.9 Å². The number of ether oxygens (including phenoxy) is 1. The van der Waals surface area contributed by atoms with Crippen LogP contribution in [0.15, 0.2) is 71.9 Å². The maximum atomic E-state index is 13.8. The molecule has 3 aromatic rings. The molecule has 0 aliphatic heterocycles. The third-order valence-electron chi connectivity index (χ3n) is 7.20. The number of nitrogens with zero attached hydrogens (tertiary/aromatic N) is 1. The van der Waals surface area contributed by atoms with Crippen LogP contribution in [0.1, 0.15) is 48.3 Å². The van der Waals surface area contributed by atoms with Gasteiger partial charge in [0.05, 0.1) is 7.11 Å². The topological polar surface area (TPSA) is 106 Å². The number of rotatable bonds is 13. The van der Waals surface area contributed by atoms with E-state index in [1.54, 1.807) is 13.3 Å². The average molecular weight is 541 g/mol. The van der Waals surface area contributed by atoms with Gasteiger partial charge in [0.25, 0.3) is 0 Å². The number of hydrogen-bond acceptors (Lipinski definition) is 6. The highest BCUT2D eigenvalue weighted by Gasteiger charge is 2.30. The number of fused-ring (bicyclic) bond motifs is 1. The largest absolute Gasteiger partial charge is 0.497 e. The molecule has 0 saturated heterocycles. The Balaban J connectivity index is 1.27. The van der Waals surface area contributed by atoms with Gasteiger partial charge in [0.1, 0.15) is 16.5 Å². The van der Waals surface area contributed by atoms with Crippen molar-refractivity contribution in [3.05, 3.63) is 89.5 Å². The normalized spacial score (nSPS) is 18.1. The van der Waals surface area contributed by atoms with Gasteiger partial charge in [0.15, 0.2) is 0 Å². The van der Waals surface area contributed by atoms with Crippen LogP contribution in [0.3, 0.4) is 0 Å². The van der Waals surface area contributed by atoms with Gasteiger partial charge in [-0.3, -0.25) is 4.98 Å². The van der Waals surface area contributed by atoms with Crippen LogP contribution in [0.4, 0.5) is 4.39 Å². The summed E-state index contributed by atoms with van der Waals surface area (Å²) in [7, 11) is -2.16. The summed E-state index contributed by atoms with van der Waals surface area (Å²) in [6.45, 7) is 0.924. The lowest BCUT2D eigenvalue weighted by Gasteiger charge is -2.35. The van der Waals surface area contributed by atoms with Gasteiger partial charge in [-0.2, -0.15) is 0 Å². The lowest BCUT2D eigenvalue weighted by molar-refractivity contribution is 0.365. The van der Waals surface area contributed by atoms with Crippen molar-refractivity contribution in [2.45, 2.75) is 61.4 Å². The summed E-state index contributed by atoms with van der Waals surface area (Å²) in [5.41, 5.74) is 10.3. The molecule has 0 bridgehead atoms. The molecule has 1 heterocycles. The molecular weight excluding hydrogens is 503 g/mol. The molecule has 3 atom stereocenters. The molecule has 0 radical (unpaired) electrons. The molecule has 7 nitrogen and oxygen atoms in total. The third kappa shape index (κ3) is 7.38. The average Bonchev–Trinajstić information content (AvgIpc) is 2.92. The van der Waals surface area contributed by atoms with Gasteiger partial charge in [0.2, 0.25) is 10.0 Å². The molecule has 0 spiro atoms. The summed E-state index contributed by atoms with van der Waals surface area (Å²) in [6.07, 6.45) is 8.77. The number of sulfonamides is 1. The van der Waals surface area contributed by atoms with Crippen molar-refractivity contribution in [2.24, 2.45) is 5.73 Å². The van der Waals surface area contributed by atoms with E-state index in [9.17, 15) is 12.8 Å². The van der Waals surface area contributed by atoms with Crippen molar-refractivity contribution in [3.63, 3.8) is 0 Å². The summed E-state index contributed by atoms with van der Waals surface area (Å²) in [5.74, 6) is 0.432. The molecule has 38 heavy (non-hydrogen) atoms. The summed E-state index contributed by atoms with van der Waals surface area (Å²) in [5, 5.41) is 3.72. The standard InChI is InChI=1S/C29H37FN4O3S/c1-37-24-12-13-25-22(18-24)11-14-28(26(25)17-21-7-6-15-32-19-21)33-20-23(31)8-4-5-16-34-38(35,36)29-10-3-2-9-27(29)30/h2-3,6-7,9-10,12-13,15,18-19,23,26,28,33-34H,4-5,8,11,14,16-17,20,31H2,1H3. The number of unbranched alkanes of at least 4 members (excludes halogenated alkanes) is 1. The van der Waals surface area contributed by atoms with E-state index in [0.29, 0.717) is 18.9 Å². The lowest BCUT2D eigenvalue weighted by atomic mass is 9.76. The predicted molar refractivity (Wildman–Crippen MR) is 147 cm³/mol. The van der Waals surface area contributed by atoms with Gasteiger partial charge in [-0.15, -0.1) is 0 Å². The van der Waals surface area contributed by atoms with Gasteiger partial charge >= 0.3 is 0 Å². The number of methoxy groups -OCH3 is 1. The van der Waals surface area contributed by atoms with Crippen LogP contribution in [0.2, 0.25) is 0 Å². The molecular formula is C29H37FN4O3S. The minimum Gasteiger partial charge on any atom is -0.497 e. The third-order valence-corrected chi connectivity index (χ3v) is 8.69. The summed E-state index contributed by atoms with van der Waals surface area (Å²) >= 11 is 0. The van der Waals surface area contributed by atoms with E-state index < -0.39 is 15.8 Å². The molecule has 1 aromatic heterocycles. The maximum absolute atomic E-state index is 13.8. The quantitative estimate of drug-likeness (QED) is 0.284. The zero-order valence-electron chi connectivity index (χ0n) is 21.8. The summed E-state index contributed by atoms with van der Waals surface area (Å²) in [4.78, 5) is 3.97. The Labute approximate surface area is 225 Å². The van der Waals surface area contributed by atoms with E-state index in [1.807, 2.05) is 18.3 Å². The van der Waals surface area contributed by atoms with E-state index in [1.165, 1.54) is 34.9 Å². The summed E-state index contributed by atoms with van der Waals surface area (Å²) in [6, 6.07) is 16.1. The second-order valence-electron chi connectivity index (χ2n) is 9.87. The monoisotopic (exact) mass is 540 g/mol. The molecule has 0 fully saturated rings. The second-order valence-corrected chi connectivity index (χ2v) is 11.6. The van der Waals surface area contributed by atoms with Crippen molar-refractivity contribution in [1.29, 1.82) is 0 Å². The second kappa shape index (κ2) is 13.3. The molecule has 4 N–H and O–H groups in total. The molecule has 3 unspecified atom stereocenters. The highest BCUT2D eigenvalue weighted by Crippen LogP contribution is 2.36. The van der Waals surface area contributed by atoms with Crippen LogP contribution in [0, 0.1) is 5.82 Å². The highest BCUT2D eigenvalue weighted by atomic mass is 32.2. The van der Waals surface area contributed by atoms with Crippen molar-refractivity contribution in [2.75, 3.05) is 20.2 Å². The van der Waals surface area contributed by atoms with Gasteiger partial charge in [-0.1, -0.05) is 30.7 Å². The molecule has 204 valence electrons. The minimum absolute atomic E-state index is 0.0468. The fourth-order valence-corrected chi connectivity index (χ4v) is 6.32. The fraction of sp³-hybridized carbons (Fsp3) is 0.414. The first-order valence-corrected chi connectivity index (χ1v) is 14.6. The molecule has 1 aliphatic rings. The fourth-order valence-electron chi connectivity index (χ4n) is 5.17. The SMILES string of the molecule is COc1ccc2c(c1)CCC(NCC(N)CCCCNS(=O)(=O)c1ccccc1F)C2Cc1cccnc1. The van der Waals surface area contributed by atoms with Gasteiger partial charge in [-0.05, 0) is 79.1 Å². The Morgan fingerprint density at radius 2 is 2.00 bits per heavy atom. The van der Waals surface area contributed by atoms with E-state index in [2.05, 4.69) is 33.2 Å². The van der Waals surface area contributed by atoms with E-state index in [-0.39, 0.29) is 23.5 Å². The van der Waals surface area contributed by atoms with Crippen LogP contribution in [0.25, 0.3) is 0 Å². The number of pyridine rings is 1. The number of nitrogens with one attached hydrogen (secondary N) is 2. The molecule has 0 saturated carbocycles. The zero-order chi connectivity index (χ0) is 27.0. The van der Waals surface area contributed by atoms with Crippen LogP contribution in [-0.4, -0.2) is 45.7 Å². The first-order chi connectivity index (χ1) is 18.4. The van der Waals surface area contributed by atoms with Crippen LogP contribution < -0.4 is 20.5 Å². The minimum atomic E-state index is -3.86. The highest BCUT2D eigenvalue weighted by molar-refractivity contribution is 7.89. The lowest BCUT2D eigenvalue weighted by Crippen LogP contribution is -2.44. The number of nitrogens with two attached hydrogens (primary N) is 1. The molecule has 1 aliphatic carbocycles. The zero-order valence-corrected chi connectivity index (χ0v) is 22.6. The predicted octanol–water partition coefficient (Wildman–Crippen LogP) is 3.94. The van der Waals surface area contributed by atoms with Crippen LogP contribution in [0.5, 0.6) is 5.75 Å².